The third-order valence-electron chi connectivity index (χ3n) is 1.73. The smallest absolute Gasteiger partial charge is 0.322 e. The number of aliphatic carboxylic acids is 1. The van der Waals surface area contributed by atoms with Crippen LogP contribution in [0.25, 0.3) is 0 Å². The van der Waals surface area contributed by atoms with Crippen molar-refractivity contribution in [2.24, 2.45) is 0 Å². The van der Waals surface area contributed by atoms with E-state index >= 15 is 0 Å². The van der Waals surface area contributed by atoms with Crippen LogP contribution in [0.4, 0.5) is 4.79 Å². The van der Waals surface area contributed by atoms with Crippen LogP contribution in [-0.2, 0) is 16.1 Å². The lowest BCUT2D eigenvalue weighted by Gasteiger charge is -2.06. The molecule has 0 saturated heterocycles. The average Bonchev–Trinajstić information content (AvgIpc) is 2.84. The number of nitrogens with zero attached hydrogens (tertiary/aromatic N) is 1. The first-order chi connectivity index (χ1) is 8.58. The SMILES string of the molecule is O=C(O)CNC(=O)CNC(=O)NCc1nccs1. The Bertz CT molecular complexity index is 420. The van der Waals surface area contributed by atoms with Gasteiger partial charge in [-0.2, -0.15) is 0 Å². The van der Waals surface area contributed by atoms with Gasteiger partial charge in [-0.3, -0.25) is 9.59 Å². The number of amides is 3. The number of carboxylic acid groups (broad SMARTS) is 1. The predicted octanol–water partition coefficient (Wildman–Crippen LogP) is -0.857. The van der Waals surface area contributed by atoms with Crippen LogP contribution in [0.1, 0.15) is 5.01 Å². The van der Waals surface area contributed by atoms with Crippen molar-refractivity contribution in [1.29, 1.82) is 0 Å². The van der Waals surface area contributed by atoms with Gasteiger partial charge in [0.15, 0.2) is 0 Å². The van der Waals surface area contributed by atoms with Gasteiger partial charge in [0.05, 0.1) is 13.1 Å². The highest BCUT2D eigenvalue weighted by Gasteiger charge is 2.06. The highest BCUT2D eigenvalue weighted by atomic mass is 32.1. The maximum atomic E-state index is 11.2. The zero-order valence-corrected chi connectivity index (χ0v) is 10.1. The number of carboxylic acids is 1. The fourth-order valence-electron chi connectivity index (χ4n) is 0.956. The van der Waals surface area contributed by atoms with E-state index in [1.807, 2.05) is 0 Å². The van der Waals surface area contributed by atoms with Crippen LogP contribution in [0.15, 0.2) is 11.6 Å². The minimum Gasteiger partial charge on any atom is -0.480 e. The molecule has 0 atom stereocenters. The Kier molecular flexibility index (Phi) is 5.58. The van der Waals surface area contributed by atoms with Crippen molar-refractivity contribution in [1.82, 2.24) is 20.9 Å². The summed E-state index contributed by atoms with van der Waals surface area (Å²) < 4.78 is 0. The van der Waals surface area contributed by atoms with E-state index in [0.717, 1.165) is 5.01 Å². The van der Waals surface area contributed by atoms with Gasteiger partial charge in [0.2, 0.25) is 5.91 Å². The fourth-order valence-corrected chi connectivity index (χ4v) is 1.51. The summed E-state index contributed by atoms with van der Waals surface area (Å²) in [7, 11) is 0. The first-order valence-electron chi connectivity index (χ1n) is 4.96. The van der Waals surface area contributed by atoms with E-state index in [4.69, 9.17) is 5.11 Å². The lowest BCUT2D eigenvalue weighted by Crippen LogP contribution is -2.42. The van der Waals surface area contributed by atoms with E-state index in [9.17, 15) is 14.4 Å². The quantitative estimate of drug-likeness (QED) is 0.537. The monoisotopic (exact) mass is 272 g/mol. The maximum absolute atomic E-state index is 11.2. The molecular formula is C9H12N4O4S. The molecule has 0 aliphatic carbocycles. The summed E-state index contributed by atoms with van der Waals surface area (Å²) in [5.41, 5.74) is 0. The summed E-state index contributed by atoms with van der Waals surface area (Å²) in [4.78, 5) is 36.4. The molecule has 18 heavy (non-hydrogen) atoms. The van der Waals surface area contributed by atoms with E-state index in [0.29, 0.717) is 0 Å². The molecule has 1 heterocycles. The number of thiazole rings is 1. The van der Waals surface area contributed by atoms with Gasteiger partial charge >= 0.3 is 12.0 Å². The van der Waals surface area contributed by atoms with E-state index in [1.165, 1.54) is 11.3 Å². The molecule has 0 aliphatic heterocycles. The van der Waals surface area contributed by atoms with Gasteiger partial charge in [-0.1, -0.05) is 0 Å². The van der Waals surface area contributed by atoms with Crippen LogP contribution in [0, 0.1) is 0 Å². The second-order valence-corrected chi connectivity index (χ2v) is 4.11. The topological polar surface area (TPSA) is 120 Å². The van der Waals surface area contributed by atoms with Crippen molar-refractivity contribution in [3.8, 4) is 0 Å². The van der Waals surface area contributed by atoms with Crippen molar-refractivity contribution in [2.75, 3.05) is 13.1 Å². The third kappa shape index (κ3) is 5.80. The Morgan fingerprint density at radius 3 is 2.61 bits per heavy atom. The number of urea groups is 1. The van der Waals surface area contributed by atoms with Gasteiger partial charge in [-0.25, -0.2) is 9.78 Å². The number of carbonyl (C=O) groups excluding carboxylic acids is 2. The fraction of sp³-hybridized carbons (Fsp3) is 0.333. The standard InChI is InChI=1S/C9H12N4O4S/c14-6(11-5-8(15)16)3-12-9(17)13-4-7-10-1-2-18-7/h1-2H,3-5H2,(H,11,14)(H,15,16)(H2,12,13,17). The molecule has 98 valence electrons. The molecule has 9 heteroatoms. The number of hydrogen-bond donors (Lipinski definition) is 4. The molecule has 0 fully saturated rings. The lowest BCUT2D eigenvalue weighted by atomic mass is 10.5. The summed E-state index contributed by atoms with van der Waals surface area (Å²) in [5, 5.41) is 17.8. The summed E-state index contributed by atoms with van der Waals surface area (Å²) in [6.07, 6.45) is 1.62. The first kappa shape index (κ1) is 13.9. The molecule has 0 radical (unpaired) electrons. The first-order valence-corrected chi connectivity index (χ1v) is 5.84. The van der Waals surface area contributed by atoms with Crippen LogP contribution in [0.3, 0.4) is 0 Å². The molecular weight excluding hydrogens is 260 g/mol. The zero-order chi connectivity index (χ0) is 13.4. The zero-order valence-electron chi connectivity index (χ0n) is 9.30. The highest BCUT2D eigenvalue weighted by Crippen LogP contribution is 2.01. The van der Waals surface area contributed by atoms with Crippen LogP contribution < -0.4 is 16.0 Å². The molecule has 1 rings (SSSR count). The molecule has 0 aliphatic rings. The Labute approximate surface area is 106 Å². The van der Waals surface area contributed by atoms with Crippen molar-refractivity contribution < 1.29 is 19.5 Å². The minimum atomic E-state index is -1.14. The van der Waals surface area contributed by atoms with Gasteiger partial charge in [0, 0.05) is 11.6 Å². The molecule has 8 nitrogen and oxygen atoms in total. The molecule has 0 spiro atoms. The third-order valence-corrected chi connectivity index (χ3v) is 2.51. The summed E-state index contributed by atoms with van der Waals surface area (Å²) in [5.74, 6) is -1.71. The molecule has 1 aromatic rings. The van der Waals surface area contributed by atoms with Crippen molar-refractivity contribution in [2.45, 2.75) is 6.54 Å². The molecule has 0 unspecified atom stereocenters. The number of aromatic nitrogens is 1. The van der Waals surface area contributed by atoms with Gasteiger partial charge in [-0.15, -0.1) is 11.3 Å². The summed E-state index contributed by atoms with van der Waals surface area (Å²) in [6.45, 7) is -0.474. The van der Waals surface area contributed by atoms with Crippen LogP contribution in [-0.4, -0.2) is 41.1 Å². The van der Waals surface area contributed by atoms with Crippen molar-refractivity contribution >= 4 is 29.2 Å². The van der Waals surface area contributed by atoms with Gasteiger partial charge < -0.3 is 21.1 Å². The Balaban J connectivity index is 2.13. The number of hydrogen-bond acceptors (Lipinski definition) is 5. The normalized spacial score (nSPS) is 9.56. The number of carbonyl (C=O) groups is 3. The van der Waals surface area contributed by atoms with Gasteiger partial charge in [0.1, 0.15) is 11.6 Å². The molecule has 0 aromatic carbocycles. The van der Waals surface area contributed by atoms with Crippen molar-refractivity contribution in [3.05, 3.63) is 16.6 Å². The van der Waals surface area contributed by atoms with Gasteiger partial charge in [0.25, 0.3) is 0 Å². The predicted molar refractivity (Wildman–Crippen MR) is 63.0 cm³/mol. The van der Waals surface area contributed by atoms with Crippen LogP contribution in [0.5, 0.6) is 0 Å². The largest absolute Gasteiger partial charge is 0.480 e. The minimum absolute atomic E-state index is 0.278. The molecule has 0 saturated carbocycles. The second-order valence-electron chi connectivity index (χ2n) is 3.13. The lowest BCUT2D eigenvalue weighted by molar-refractivity contribution is -0.137. The van der Waals surface area contributed by atoms with E-state index in [1.54, 1.807) is 11.6 Å². The van der Waals surface area contributed by atoms with Crippen molar-refractivity contribution in [3.63, 3.8) is 0 Å². The highest BCUT2D eigenvalue weighted by molar-refractivity contribution is 7.09. The summed E-state index contributed by atoms with van der Waals surface area (Å²) in [6, 6.07) is -0.518. The van der Waals surface area contributed by atoms with Crippen LogP contribution >= 0.6 is 11.3 Å². The second kappa shape index (κ2) is 7.22. The van der Waals surface area contributed by atoms with Gasteiger partial charge in [-0.05, 0) is 0 Å². The maximum Gasteiger partial charge on any atom is 0.322 e. The average molecular weight is 272 g/mol. The van der Waals surface area contributed by atoms with E-state index in [2.05, 4.69) is 20.9 Å². The Morgan fingerprint density at radius 2 is 2.00 bits per heavy atom. The molecule has 0 bridgehead atoms. The number of nitrogens with one attached hydrogen (secondary N) is 3. The number of rotatable bonds is 6. The molecule has 4 N–H and O–H groups in total. The molecule has 3 amide bonds. The van der Waals surface area contributed by atoms with E-state index in [-0.39, 0.29) is 13.1 Å². The Hall–Kier alpha value is -2.16. The van der Waals surface area contributed by atoms with Crippen LogP contribution in [0.2, 0.25) is 0 Å². The van der Waals surface area contributed by atoms with E-state index < -0.39 is 24.5 Å². The molecule has 1 aromatic heterocycles. The summed E-state index contributed by atoms with van der Waals surface area (Å²) >= 11 is 1.40. The Morgan fingerprint density at radius 1 is 1.22 bits per heavy atom.